The summed E-state index contributed by atoms with van der Waals surface area (Å²) in [6.07, 6.45) is 1.13. The molecule has 130 valence electrons. The van der Waals surface area contributed by atoms with Crippen molar-refractivity contribution in [2.75, 3.05) is 33.1 Å². The zero-order valence-electron chi connectivity index (χ0n) is 13.0. The molecule has 1 aliphatic heterocycles. The third kappa shape index (κ3) is 5.23. The highest BCUT2D eigenvalue weighted by molar-refractivity contribution is 7.88. The lowest BCUT2D eigenvalue weighted by Crippen LogP contribution is -2.50. The second-order valence-electron chi connectivity index (χ2n) is 5.12. The molecule has 1 N–H and O–H groups in total. The summed E-state index contributed by atoms with van der Waals surface area (Å²) >= 11 is 0. The Balaban J connectivity index is 1.85. The first-order chi connectivity index (χ1) is 10.9. The van der Waals surface area contributed by atoms with Crippen molar-refractivity contribution >= 4 is 15.9 Å². The van der Waals surface area contributed by atoms with Gasteiger partial charge in [-0.1, -0.05) is 5.16 Å². The SMILES string of the molecule is COCc1nc(CNC(=O)C[C@H]2COCCN2S(C)(=O)=O)no1. The van der Waals surface area contributed by atoms with E-state index in [1.54, 1.807) is 0 Å². The number of morpholine rings is 1. The molecule has 2 rings (SSSR count). The highest BCUT2D eigenvalue weighted by Crippen LogP contribution is 2.14. The standard InChI is InChI=1S/C12H20N4O6S/c1-20-8-12-14-10(15-22-12)6-13-11(17)5-9-7-21-4-3-16(9)23(2,18)19/h9H,3-8H2,1-2H3,(H,13,17)/t9-/m0/s1. The Kier molecular flexibility index (Phi) is 6.04. The molecule has 1 fully saturated rings. The molecule has 0 radical (unpaired) electrons. The monoisotopic (exact) mass is 348 g/mol. The van der Waals surface area contributed by atoms with Crippen LogP contribution in [0.4, 0.5) is 0 Å². The predicted octanol–water partition coefficient (Wildman–Crippen LogP) is -1.12. The van der Waals surface area contributed by atoms with Gasteiger partial charge in [0.05, 0.1) is 32.1 Å². The zero-order chi connectivity index (χ0) is 16.9. The molecule has 10 nitrogen and oxygen atoms in total. The summed E-state index contributed by atoms with van der Waals surface area (Å²) in [6.45, 7) is 1.07. The van der Waals surface area contributed by atoms with Crippen molar-refractivity contribution in [2.24, 2.45) is 0 Å². The lowest BCUT2D eigenvalue weighted by molar-refractivity contribution is -0.123. The molecule has 0 spiro atoms. The van der Waals surface area contributed by atoms with Crippen molar-refractivity contribution in [1.29, 1.82) is 0 Å². The molecule has 0 unspecified atom stereocenters. The van der Waals surface area contributed by atoms with E-state index >= 15 is 0 Å². The van der Waals surface area contributed by atoms with Crippen LogP contribution in [0.3, 0.4) is 0 Å². The summed E-state index contributed by atoms with van der Waals surface area (Å²) in [5.41, 5.74) is 0. The van der Waals surface area contributed by atoms with Crippen LogP contribution in [0.5, 0.6) is 0 Å². The number of aromatic nitrogens is 2. The van der Waals surface area contributed by atoms with E-state index in [1.165, 1.54) is 11.4 Å². The fourth-order valence-corrected chi connectivity index (χ4v) is 3.33. The smallest absolute Gasteiger partial charge is 0.252 e. The largest absolute Gasteiger partial charge is 0.378 e. The van der Waals surface area contributed by atoms with Gasteiger partial charge in [0.15, 0.2) is 5.82 Å². The fourth-order valence-electron chi connectivity index (χ4n) is 2.24. The minimum Gasteiger partial charge on any atom is -0.378 e. The quantitative estimate of drug-likeness (QED) is 0.657. The Morgan fingerprint density at radius 1 is 1.52 bits per heavy atom. The van der Waals surface area contributed by atoms with Crippen molar-refractivity contribution in [1.82, 2.24) is 19.8 Å². The highest BCUT2D eigenvalue weighted by atomic mass is 32.2. The van der Waals surface area contributed by atoms with Crippen LogP contribution in [0, 0.1) is 0 Å². The number of hydrogen-bond donors (Lipinski definition) is 1. The Morgan fingerprint density at radius 3 is 3.00 bits per heavy atom. The third-order valence-electron chi connectivity index (χ3n) is 3.24. The molecular formula is C12H20N4O6S. The van der Waals surface area contributed by atoms with E-state index in [-0.39, 0.29) is 38.6 Å². The van der Waals surface area contributed by atoms with E-state index in [0.717, 1.165) is 6.26 Å². The number of methoxy groups -OCH3 is 1. The lowest BCUT2D eigenvalue weighted by atomic mass is 10.2. The number of carbonyl (C=O) groups excluding carboxylic acids is 1. The van der Waals surface area contributed by atoms with Crippen molar-refractivity contribution in [2.45, 2.75) is 25.6 Å². The van der Waals surface area contributed by atoms with Gasteiger partial charge in [-0.05, 0) is 0 Å². The van der Waals surface area contributed by atoms with E-state index in [4.69, 9.17) is 14.0 Å². The summed E-state index contributed by atoms with van der Waals surface area (Å²) in [6, 6.07) is -0.506. The Hall–Kier alpha value is -1.56. The van der Waals surface area contributed by atoms with Crippen molar-refractivity contribution < 1.29 is 27.2 Å². The maximum atomic E-state index is 12.0. The number of carbonyl (C=O) groups is 1. The maximum absolute atomic E-state index is 12.0. The molecule has 0 aromatic carbocycles. The summed E-state index contributed by atoms with van der Waals surface area (Å²) in [4.78, 5) is 16.0. The van der Waals surface area contributed by atoms with Crippen LogP contribution >= 0.6 is 0 Å². The number of amides is 1. The van der Waals surface area contributed by atoms with Gasteiger partial charge in [0.2, 0.25) is 15.9 Å². The second kappa shape index (κ2) is 7.81. The molecule has 1 aliphatic rings. The maximum Gasteiger partial charge on any atom is 0.252 e. The molecule has 1 atom stereocenters. The Bertz CT molecular complexity index is 631. The molecule has 2 heterocycles. The van der Waals surface area contributed by atoms with E-state index < -0.39 is 16.1 Å². The average Bonchev–Trinajstić information content (AvgIpc) is 2.93. The Labute approximate surface area is 134 Å². The molecule has 1 aromatic heterocycles. The molecule has 1 amide bonds. The van der Waals surface area contributed by atoms with Crippen LogP contribution < -0.4 is 5.32 Å². The van der Waals surface area contributed by atoms with E-state index in [2.05, 4.69) is 15.5 Å². The minimum atomic E-state index is -3.37. The van der Waals surface area contributed by atoms with Crippen molar-refractivity contribution in [3.63, 3.8) is 0 Å². The molecule has 23 heavy (non-hydrogen) atoms. The van der Waals surface area contributed by atoms with Gasteiger partial charge in [-0.25, -0.2) is 8.42 Å². The topological polar surface area (TPSA) is 124 Å². The van der Waals surface area contributed by atoms with Crippen molar-refractivity contribution in [3.05, 3.63) is 11.7 Å². The predicted molar refractivity (Wildman–Crippen MR) is 77.6 cm³/mol. The van der Waals surface area contributed by atoms with Gasteiger partial charge in [0.25, 0.3) is 5.89 Å². The van der Waals surface area contributed by atoms with E-state index in [0.29, 0.717) is 18.3 Å². The lowest BCUT2D eigenvalue weighted by Gasteiger charge is -2.33. The average molecular weight is 348 g/mol. The molecule has 0 bridgehead atoms. The van der Waals surface area contributed by atoms with Crippen LogP contribution in [0.2, 0.25) is 0 Å². The number of sulfonamides is 1. The van der Waals surface area contributed by atoms with E-state index in [1.807, 2.05) is 0 Å². The van der Waals surface area contributed by atoms with E-state index in [9.17, 15) is 13.2 Å². The van der Waals surface area contributed by atoms with Crippen molar-refractivity contribution in [3.8, 4) is 0 Å². The van der Waals surface area contributed by atoms with Gasteiger partial charge in [-0.15, -0.1) is 0 Å². The number of hydrogen-bond acceptors (Lipinski definition) is 8. The normalized spacial score (nSPS) is 19.7. The van der Waals surface area contributed by atoms with Gasteiger partial charge < -0.3 is 19.3 Å². The molecule has 11 heteroatoms. The number of rotatable bonds is 7. The number of nitrogens with one attached hydrogen (secondary N) is 1. The summed E-state index contributed by atoms with van der Waals surface area (Å²) in [7, 11) is -1.87. The van der Waals surface area contributed by atoms with Gasteiger partial charge >= 0.3 is 0 Å². The van der Waals surface area contributed by atoms with Crippen LogP contribution in [-0.2, 0) is 37.4 Å². The van der Waals surface area contributed by atoms with Gasteiger partial charge in [0.1, 0.15) is 6.61 Å². The summed E-state index contributed by atoms with van der Waals surface area (Å²) in [5.74, 6) is 0.332. The molecular weight excluding hydrogens is 328 g/mol. The van der Waals surface area contributed by atoms with Crippen LogP contribution in [0.1, 0.15) is 18.1 Å². The van der Waals surface area contributed by atoms with Gasteiger partial charge in [0, 0.05) is 20.1 Å². The first-order valence-electron chi connectivity index (χ1n) is 7.02. The van der Waals surface area contributed by atoms with Gasteiger partial charge in [-0.3, -0.25) is 4.79 Å². The Morgan fingerprint density at radius 2 is 2.30 bits per heavy atom. The highest BCUT2D eigenvalue weighted by Gasteiger charge is 2.31. The minimum absolute atomic E-state index is 0.00977. The molecule has 0 saturated carbocycles. The molecule has 0 aliphatic carbocycles. The molecule has 1 saturated heterocycles. The van der Waals surface area contributed by atoms with Gasteiger partial charge in [-0.2, -0.15) is 9.29 Å². The third-order valence-corrected chi connectivity index (χ3v) is 4.57. The number of nitrogens with zero attached hydrogens (tertiary/aromatic N) is 3. The van der Waals surface area contributed by atoms with Crippen LogP contribution in [0.25, 0.3) is 0 Å². The molecule has 1 aromatic rings. The zero-order valence-corrected chi connectivity index (χ0v) is 13.8. The summed E-state index contributed by atoms with van der Waals surface area (Å²) < 4.78 is 39.7. The van der Waals surface area contributed by atoms with Crippen LogP contribution in [-0.4, -0.2) is 67.9 Å². The fraction of sp³-hybridized carbons (Fsp3) is 0.750. The van der Waals surface area contributed by atoms with Crippen LogP contribution in [0.15, 0.2) is 4.52 Å². The number of ether oxygens (including phenoxy) is 2. The first kappa shape index (κ1) is 17.8. The second-order valence-corrected chi connectivity index (χ2v) is 7.06. The summed E-state index contributed by atoms with van der Waals surface area (Å²) in [5, 5.41) is 6.33. The first-order valence-corrected chi connectivity index (χ1v) is 8.86.